The van der Waals surface area contributed by atoms with Gasteiger partial charge in [-0.25, -0.2) is 0 Å². The highest BCUT2D eigenvalue weighted by molar-refractivity contribution is 6.10. The minimum absolute atomic E-state index is 0.0634. The molecule has 0 radical (unpaired) electrons. The molecule has 1 unspecified atom stereocenters. The third kappa shape index (κ3) is 2.70. The molecule has 0 spiro atoms. The van der Waals surface area contributed by atoms with Crippen molar-refractivity contribution in [2.75, 3.05) is 12.0 Å². The Bertz CT molecular complexity index is 975. The van der Waals surface area contributed by atoms with Crippen LogP contribution in [0, 0.1) is 0 Å². The summed E-state index contributed by atoms with van der Waals surface area (Å²) in [4.78, 5) is 15.2. The third-order valence-corrected chi connectivity index (χ3v) is 5.10. The molecule has 1 aliphatic heterocycles. The Kier molecular flexibility index (Phi) is 4.22. The maximum Gasteiger partial charge on any atom is 0.280 e. The van der Waals surface area contributed by atoms with Crippen molar-refractivity contribution < 1.29 is 9.53 Å². The van der Waals surface area contributed by atoms with E-state index in [1.54, 1.807) is 7.11 Å². The van der Waals surface area contributed by atoms with Gasteiger partial charge in [0.05, 0.1) is 13.2 Å². The first-order valence-corrected chi connectivity index (χ1v) is 9.12. The number of hydrogen-bond acceptors (Lipinski definition) is 3. The van der Waals surface area contributed by atoms with Gasteiger partial charge >= 0.3 is 0 Å². The highest BCUT2D eigenvalue weighted by atomic mass is 16.5. The van der Waals surface area contributed by atoms with Crippen LogP contribution in [0.3, 0.4) is 0 Å². The zero-order valence-electron chi connectivity index (χ0n) is 16.0. The van der Waals surface area contributed by atoms with Crippen LogP contribution in [0.5, 0.6) is 5.75 Å². The highest BCUT2D eigenvalue weighted by Gasteiger charge is 2.44. The van der Waals surface area contributed by atoms with E-state index in [0.29, 0.717) is 5.69 Å². The monoisotopic (exact) mass is 361 g/mol. The van der Waals surface area contributed by atoms with Crippen molar-refractivity contribution in [3.8, 4) is 5.75 Å². The van der Waals surface area contributed by atoms with Crippen molar-refractivity contribution in [2.45, 2.75) is 25.8 Å². The average Bonchev–Trinajstić information content (AvgIpc) is 3.16. The Morgan fingerprint density at radius 3 is 2.30 bits per heavy atom. The van der Waals surface area contributed by atoms with Gasteiger partial charge in [0.2, 0.25) is 0 Å². The van der Waals surface area contributed by atoms with E-state index in [-0.39, 0.29) is 17.9 Å². The first-order valence-electron chi connectivity index (χ1n) is 9.12. The lowest BCUT2D eigenvalue weighted by atomic mass is 9.94. The summed E-state index contributed by atoms with van der Waals surface area (Å²) >= 11 is 0. The molecule has 5 heteroatoms. The zero-order chi connectivity index (χ0) is 19.1. The largest absolute Gasteiger partial charge is 0.497 e. The van der Waals surface area contributed by atoms with E-state index < -0.39 is 0 Å². The Labute approximate surface area is 159 Å². The quantitative estimate of drug-likeness (QED) is 0.696. The van der Waals surface area contributed by atoms with Crippen LogP contribution in [0.4, 0.5) is 5.69 Å². The molecule has 138 valence electrons. The second-order valence-electron chi connectivity index (χ2n) is 7.11. The van der Waals surface area contributed by atoms with Crippen molar-refractivity contribution in [1.82, 2.24) is 9.78 Å². The molecule has 1 amide bonds. The molecule has 1 aromatic heterocycles. The van der Waals surface area contributed by atoms with Gasteiger partial charge in [0, 0.05) is 24.0 Å². The van der Waals surface area contributed by atoms with Gasteiger partial charge in [-0.15, -0.1) is 0 Å². The first-order chi connectivity index (χ1) is 13.0. The molecule has 2 aromatic carbocycles. The maximum atomic E-state index is 13.3. The van der Waals surface area contributed by atoms with E-state index in [1.807, 2.05) is 59.1 Å². The lowest BCUT2D eigenvalue weighted by Crippen LogP contribution is -2.30. The molecule has 0 bridgehead atoms. The van der Waals surface area contributed by atoms with Gasteiger partial charge in [-0.05, 0) is 35.7 Å². The third-order valence-electron chi connectivity index (χ3n) is 5.10. The Hall–Kier alpha value is -3.08. The summed E-state index contributed by atoms with van der Waals surface area (Å²) in [5.41, 5.74) is 4.58. The molecule has 27 heavy (non-hydrogen) atoms. The topological polar surface area (TPSA) is 47.4 Å². The number of rotatable bonds is 4. The molecule has 1 aliphatic rings. The fraction of sp³-hybridized carbons (Fsp3) is 0.273. The second kappa shape index (κ2) is 6.58. The van der Waals surface area contributed by atoms with Crippen LogP contribution in [-0.4, -0.2) is 22.8 Å². The number of carbonyl (C=O) groups is 1. The van der Waals surface area contributed by atoms with E-state index in [9.17, 15) is 4.79 Å². The molecule has 4 rings (SSSR count). The number of nitrogens with zero attached hydrogens (tertiary/aromatic N) is 3. The molecular formula is C22H23N3O2. The molecular weight excluding hydrogens is 338 g/mol. The van der Waals surface area contributed by atoms with E-state index in [0.717, 1.165) is 28.3 Å². The van der Waals surface area contributed by atoms with Gasteiger partial charge < -0.3 is 4.74 Å². The molecule has 1 atom stereocenters. The molecule has 2 heterocycles. The molecule has 0 N–H and O–H groups in total. The van der Waals surface area contributed by atoms with Gasteiger partial charge in [0.1, 0.15) is 5.75 Å². The Morgan fingerprint density at radius 1 is 1.04 bits per heavy atom. The summed E-state index contributed by atoms with van der Waals surface area (Å²) in [6.45, 7) is 4.28. The maximum absolute atomic E-state index is 13.3. The lowest BCUT2D eigenvalue weighted by Gasteiger charge is -2.27. The van der Waals surface area contributed by atoms with Crippen LogP contribution in [0.15, 0.2) is 54.6 Å². The second-order valence-corrected chi connectivity index (χ2v) is 7.11. The van der Waals surface area contributed by atoms with Gasteiger partial charge in [-0.2, -0.15) is 5.10 Å². The van der Waals surface area contributed by atoms with Crippen molar-refractivity contribution in [1.29, 1.82) is 0 Å². The molecule has 0 saturated carbocycles. The SMILES string of the molecule is COc1ccc(N2C(=O)c3nn(C)c(C(C)C)c3C2c2ccccc2)cc1. The van der Waals surface area contributed by atoms with Crippen LogP contribution in [0.1, 0.15) is 53.1 Å². The number of methoxy groups -OCH3 is 1. The summed E-state index contributed by atoms with van der Waals surface area (Å²) in [5.74, 6) is 0.966. The summed E-state index contributed by atoms with van der Waals surface area (Å²) < 4.78 is 7.12. The van der Waals surface area contributed by atoms with Gasteiger partial charge in [0.25, 0.3) is 5.91 Å². The molecule has 5 nitrogen and oxygen atoms in total. The summed E-state index contributed by atoms with van der Waals surface area (Å²) in [7, 11) is 3.55. The van der Waals surface area contributed by atoms with Crippen molar-refractivity contribution in [2.24, 2.45) is 7.05 Å². The standard InChI is InChI=1S/C22H23N3O2/c1-14(2)20-18-19(23-24(20)3)22(26)25(16-10-12-17(27-4)13-11-16)21(18)15-8-6-5-7-9-15/h5-14,21H,1-4H3. The lowest BCUT2D eigenvalue weighted by molar-refractivity contribution is 0.0988. The smallest absolute Gasteiger partial charge is 0.280 e. The van der Waals surface area contributed by atoms with E-state index in [1.165, 1.54) is 0 Å². The number of fused-ring (bicyclic) bond motifs is 1. The number of benzene rings is 2. The minimum atomic E-state index is -0.187. The van der Waals surface area contributed by atoms with Crippen LogP contribution in [0.25, 0.3) is 0 Å². The predicted octanol–water partition coefficient (Wildman–Crippen LogP) is 4.30. The molecule has 3 aromatic rings. The number of carbonyl (C=O) groups excluding carboxylic acids is 1. The summed E-state index contributed by atoms with van der Waals surface area (Å²) in [6.07, 6.45) is 0. The first kappa shape index (κ1) is 17.3. The van der Waals surface area contributed by atoms with Gasteiger partial charge in [-0.3, -0.25) is 14.4 Å². The van der Waals surface area contributed by atoms with Crippen LogP contribution in [-0.2, 0) is 7.05 Å². The number of aromatic nitrogens is 2. The van der Waals surface area contributed by atoms with Gasteiger partial charge in [-0.1, -0.05) is 44.2 Å². The highest BCUT2D eigenvalue weighted by Crippen LogP contribution is 2.44. The van der Waals surface area contributed by atoms with Crippen LogP contribution >= 0.6 is 0 Å². The van der Waals surface area contributed by atoms with E-state index in [2.05, 4.69) is 31.1 Å². The van der Waals surface area contributed by atoms with Crippen molar-refractivity contribution in [3.63, 3.8) is 0 Å². The van der Waals surface area contributed by atoms with Crippen molar-refractivity contribution in [3.05, 3.63) is 77.1 Å². The average molecular weight is 361 g/mol. The Balaban J connectivity index is 1.92. The normalized spacial score (nSPS) is 16.1. The fourth-order valence-electron chi connectivity index (χ4n) is 3.99. The molecule has 0 fully saturated rings. The van der Waals surface area contributed by atoms with Crippen molar-refractivity contribution >= 4 is 11.6 Å². The number of ether oxygens (including phenoxy) is 1. The summed E-state index contributed by atoms with van der Waals surface area (Å²) in [5, 5.41) is 4.58. The van der Waals surface area contributed by atoms with Gasteiger partial charge in [0.15, 0.2) is 5.69 Å². The fourth-order valence-corrected chi connectivity index (χ4v) is 3.99. The molecule has 0 saturated heterocycles. The zero-order valence-corrected chi connectivity index (χ0v) is 16.0. The van der Waals surface area contributed by atoms with E-state index in [4.69, 9.17) is 4.74 Å². The number of anilines is 1. The number of aryl methyl sites for hydroxylation is 1. The molecule has 0 aliphatic carbocycles. The van der Waals surface area contributed by atoms with E-state index >= 15 is 0 Å². The predicted molar refractivity (Wildman–Crippen MR) is 105 cm³/mol. The Morgan fingerprint density at radius 2 is 1.70 bits per heavy atom. The number of amides is 1. The minimum Gasteiger partial charge on any atom is -0.497 e. The summed E-state index contributed by atoms with van der Waals surface area (Å²) in [6, 6.07) is 17.6. The van der Waals surface area contributed by atoms with Crippen LogP contribution < -0.4 is 9.64 Å². The van der Waals surface area contributed by atoms with Crippen LogP contribution in [0.2, 0.25) is 0 Å². The number of hydrogen-bond donors (Lipinski definition) is 0.